The molecule has 2 aromatic carbocycles. The number of allylic oxidation sites excluding steroid dienone is 4. The molecule has 2 spiro atoms. The molecule has 2 aliphatic heterocycles. The lowest BCUT2D eigenvalue weighted by atomic mass is 9.41. The molecule has 3 saturated carbocycles. The minimum atomic E-state index is -0.193. The summed E-state index contributed by atoms with van der Waals surface area (Å²) < 4.78 is 7.68. The fraction of sp³-hybridized carbons (Fsp3) is 0.357. The van der Waals surface area contributed by atoms with Crippen molar-refractivity contribution in [2.75, 3.05) is 0 Å². The molecule has 2 aromatic rings. The smallest absolute Gasteiger partial charge is 0.108 e. The Hall–Kier alpha value is -2.38. The third-order valence-corrected chi connectivity index (χ3v) is 10.5. The molecule has 10 rings (SSSR count). The molecule has 4 bridgehead atoms. The van der Waals surface area contributed by atoms with Crippen LogP contribution in [0.2, 0.25) is 0 Å². The third kappa shape index (κ3) is 0.982. The standard InChI is InChI=1S/C28H22O/c1-3-9-17(10-4-1)27-23-21-19-13-14-20-22(21)24(23)28(29-27,18-11-5-2-6-12-18)26(20)16-8-7-15-25(19,26)27/h1-16,19-24H. The van der Waals surface area contributed by atoms with Crippen molar-refractivity contribution in [3.05, 3.63) is 108 Å². The first kappa shape index (κ1) is 14.6. The van der Waals surface area contributed by atoms with Crippen molar-refractivity contribution in [2.24, 2.45) is 46.3 Å². The second kappa shape index (κ2) is 3.96. The van der Waals surface area contributed by atoms with E-state index >= 15 is 0 Å². The average molecular weight is 374 g/mol. The van der Waals surface area contributed by atoms with Crippen LogP contribution in [0.25, 0.3) is 0 Å². The molecule has 0 aromatic heterocycles. The molecule has 29 heavy (non-hydrogen) atoms. The molecule has 0 N–H and O–H groups in total. The highest BCUT2D eigenvalue weighted by molar-refractivity contribution is 5.63. The third-order valence-electron chi connectivity index (χ3n) is 10.5. The summed E-state index contributed by atoms with van der Waals surface area (Å²) in [7, 11) is 0. The molecule has 0 amide bonds. The van der Waals surface area contributed by atoms with Crippen molar-refractivity contribution in [2.45, 2.75) is 11.2 Å². The minimum absolute atomic E-state index is 0.0458. The largest absolute Gasteiger partial charge is 0.357 e. The topological polar surface area (TPSA) is 9.23 Å². The van der Waals surface area contributed by atoms with Gasteiger partial charge in [-0.1, -0.05) is 97.1 Å². The summed E-state index contributed by atoms with van der Waals surface area (Å²) in [5.41, 5.74) is 2.53. The van der Waals surface area contributed by atoms with E-state index in [0.717, 1.165) is 11.8 Å². The molecule has 8 aliphatic rings. The van der Waals surface area contributed by atoms with Gasteiger partial charge in [-0.15, -0.1) is 0 Å². The fourth-order valence-corrected chi connectivity index (χ4v) is 10.5. The zero-order valence-electron chi connectivity index (χ0n) is 16.1. The van der Waals surface area contributed by atoms with Crippen LogP contribution in [0.3, 0.4) is 0 Å². The van der Waals surface area contributed by atoms with Crippen molar-refractivity contribution in [3.8, 4) is 0 Å². The van der Waals surface area contributed by atoms with Gasteiger partial charge in [0.05, 0.1) is 0 Å². The number of ether oxygens (including phenoxy) is 1. The van der Waals surface area contributed by atoms with Gasteiger partial charge in [0.15, 0.2) is 0 Å². The van der Waals surface area contributed by atoms with Crippen molar-refractivity contribution in [3.63, 3.8) is 0 Å². The van der Waals surface area contributed by atoms with E-state index in [1.807, 2.05) is 0 Å². The van der Waals surface area contributed by atoms with Gasteiger partial charge in [0.1, 0.15) is 11.2 Å². The van der Waals surface area contributed by atoms with Crippen LogP contribution in [0, 0.1) is 46.3 Å². The first-order valence-corrected chi connectivity index (χ1v) is 11.2. The number of rotatable bonds is 2. The molecule has 6 aliphatic carbocycles. The van der Waals surface area contributed by atoms with Gasteiger partial charge in [0.2, 0.25) is 0 Å². The van der Waals surface area contributed by atoms with Crippen LogP contribution in [-0.4, -0.2) is 0 Å². The molecule has 2 saturated heterocycles. The zero-order chi connectivity index (χ0) is 18.6. The monoisotopic (exact) mass is 374 g/mol. The molecule has 10 atom stereocenters. The van der Waals surface area contributed by atoms with Crippen LogP contribution >= 0.6 is 0 Å². The van der Waals surface area contributed by atoms with Crippen LogP contribution in [-0.2, 0) is 15.9 Å². The first-order valence-electron chi connectivity index (χ1n) is 11.2. The van der Waals surface area contributed by atoms with Gasteiger partial charge in [-0.3, -0.25) is 0 Å². The van der Waals surface area contributed by atoms with Gasteiger partial charge >= 0.3 is 0 Å². The van der Waals surface area contributed by atoms with E-state index in [9.17, 15) is 0 Å². The summed E-state index contributed by atoms with van der Waals surface area (Å²) in [6.45, 7) is 0. The van der Waals surface area contributed by atoms with Crippen LogP contribution in [0.1, 0.15) is 11.1 Å². The summed E-state index contributed by atoms with van der Waals surface area (Å²) in [6, 6.07) is 22.5. The summed E-state index contributed by atoms with van der Waals surface area (Å²) in [6.07, 6.45) is 15.0. The zero-order valence-corrected chi connectivity index (χ0v) is 16.1. The Morgan fingerprint density at radius 3 is 1.48 bits per heavy atom. The summed E-state index contributed by atoms with van der Waals surface area (Å²) in [4.78, 5) is 0. The molecule has 10 unspecified atom stereocenters. The Kier molecular flexibility index (Phi) is 1.99. The van der Waals surface area contributed by atoms with Crippen molar-refractivity contribution in [1.29, 1.82) is 0 Å². The maximum absolute atomic E-state index is 7.68. The average Bonchev–Trinajstić information content (AvgIpc) is 3.29. The Balaban J connectivity index is 1.49. The maximum atomic E-state index is 7.68. The Bertz CT molecular complexity index is 1100. The summed E-state index contributed by atoms with van der Waals surface area (Å²) in [5, 5.41) is 0. The van der Waals surface area contributed by atoms with Gasteiger partial charge in [0.25, 0.3) is 0 Å². The SMILES string of the molecule is C1=CC23C4C=CC5C6C4C4C6C(c6ccccc6)(OC42c2ccccc2)C53C=C1. The van der Waals surface area contributed by atoms with Crippen molar-refractivity contribution < 1.29 is 4.74 Å². The predicted octanol–water partition coefficient (Wildman–Crippen LogP) is 5.23. The van der Waals surface area contributed by atoms with E-state index in [2.05, 4.69) is 97.1 Å². The highest BCUT2D eigenvalue weighted by atomic mass is 16.5. The predicted molar refractivity (Wildman–Crippen MR) is 111 cm³/mol. The second-order valence-corrected chi connectivity index (χ2v) is 10.4. The maximum Gasteiger partial charge on any atom is 0.108 e. The number of hydrogen-bond acceptors (Lipinski definition) is 1. The second-order valence-electron chi connectivity index (χ2n) is 10.4. The molecular formula is C28H22O. The van der Waals surface area contributed by atoms with Crippen LogP contribution < -0.4 is 0 Å². The van der Waals surface area contributed by atoms with Gasteiger partial charge < -0.3 is 4.74 Å². The quantitative estimate of drug-likeness (QED) is 0.654. The lowest BCUT2D eigenvalue weighted by Gasteiger charge is -2.59. The van der Waals surface area contributed by atoms with Gasteiger partial charge in [0, 0.05) is 22.7 Å². The first-order chi connectivity index (χ1) is 14.3. The van der Waals surface area contributed by atoms with Gasteiger partial charge in [-0.05, 0) is 34.8 Å². The molecular weight excluding hydrogens is 352 g/mol. The van der Waals surface area contributed by atoms with Gasteiger partial charge in [-0.25, -0.2) is 0 Å². The lowest BCUT2D eigenvalue weighted by molar-refractivity contribution is -0.0879. The van der Waals surface area contributed by atoms with E-state index in [0.29, 0.717) is 23.7 Å². The summed E-state index contributed by atoms with van der Waals surface area (Å²) >= 11 is 0. The van der Waals surface area contributed by atoms with Crippen LogP contribution in [0.4, 0.5) is 0 Å². The lowest BCUT2D eigenvalue weighted by Crippen LogP contribution is -2.59. The number of benzene rings is 2. The Labute approximate surface area is 170 Å². The van der Waals surface area contributed by atoms with Crippen LogP contribution in [0.5, 0.6) is 0 Å². The molecule has 1 heteroatoms. The van der Waals surface area contributed by atoms with Gasteiger partial charge in [-0.2, -0.15) is 0 Å². The molecule has 1 nitrogen and oxygen atoms in total. The van der Waals surface area contributed by atoms with Crippen molar-refractivity contribution in [1.82, 2.24) is 0 Å². The molecule has 5 fully saturated rings. The van der Waals surface area contributed by atoms with E-state index in [1.54, 1.807) is 0 Å². The number of hydrogen-bond donors (Lipinski definition) is 0. The molecule has 140 valence electrons. The Morgan fingerprint density at radius 2 is 1.03 bits per heavy atom. The normalized spacial score (nSPS) is 57.0. The molecule has 0 radical (unpaired) electrons. The Morgan fingerprint density at radius 1 is 0.586 bits per heavy atom. The fourth-order valence-electron chi connectivity index (χ4n) is 10.5. The van der Waals surface area contributed by atoms with Crippen molar-refractivity contribution >= 4 is 0 Å². The van der Waals surface area contributed by atoms with Crippen LogP contribution in [0.15, 0.2) is 97.1 Å². The van der Waals surface area contributed by atoms with E-state index in [4.69, 9.17) is 4.74 Å². The van der Waals surface area contributed by atoms with E-state index in [-0.39, 0.29) is 22.0 Å². The molecule has 2 heterocycles. The van der Waals surface area contributed by atoms with E-state index < -0.39 is 0 Å². The highest BCUT2D eigenvalue weighted by Crippen LogP contribution is 3.01. The minimum Gasteiger partial charge on any atom is -0.357 e. The highest BCUT2D eigenvalue weighted by Gasteiger charge is 3.03. The summed E-state index contributed by atoms with van der Waals surface area (Å²) in [5.74, 6) is 4.06. The van der Waals surface area contributed by atoms with E-state index in [1.165, 1.54) is 11.1 Å².